The molecule has 0 atom stereocenters. The maximum atomic E-state index is 12.3. The molecule has 5 heteroatoms. The summed E-state index contributed by atoms with van der Waals surface area (Å²) in [5, 5.41) is 2.96. The van der Waals surface area contributed by atoms with Crippen LogP contribution in [0.1, 0.15) is 19.3 Å². The van der Waals surface area contributed by atoms with Crippen molar-refractivity contribution >= 4 is 22.8 Å². The third kappa shape index (κ3) is 2.97. The third-order valence-corrected chi connectivity index (χ3v) is 4.30. The second-order valence-corrected chi connectivity index (χ2v) is 6.05. The van der Waals surface area contributed by atoms with E-state index in [0.29, 0.717) is 11.5 Å². The smallest absolute Gasteiger partial charge is 0.321 e. The number of carbonyl (C=O) groups excluding carboxylic acids is 1. The molecule has 1 aliphatic rings. The molecule has 2 aromatic carbocycles. The van der Waals surface area contributed by atoms with Crippen LogP contribution in [0.15, 0.2) is 52.9 Å². The van der Waals surface area contributed by atoms with Gasteiger partial charge in [-0.05, 0) is 49.6 Å². The van der Waals surface area contributed by atoms with Crippen molar-refractivity contribution in [1.29, 1.82) is 0 Å². The molecule has 5 nitrogen and oxygen atoms in total. The van der Waals surface area contributed by atoms with Crippen molar-refractivity contribution in [2.45, 2.75) is 19.3 Å². The highest BCUT2D eigenvalue weighted by atomic mass is 16.3. The summed E-state index contributed by atoms with van der Waals surface area (Å²) in [6.07, 6.45) is 3.36. The van der Waals surface area contributed by atoms with Crippen molar-refractivity contribution < 1.29 is 9.21 Å². The number of amides is 2. The number of anilines is 1. The Morgan fingerprint density at radius 3 is 2.62 bits per heavy atom. The van der Waals surface area contributed by atoms with Crippen molar-refractivity contribution in [1.82, 2.24) is 9.88 Å². The Kier molecular flexibility index (Phi) is 3.91. The molecule has 0 spiro atoms. The van der Waals surface area contributed by atoms with E-state index in [1.165, 1.54) is 6.42 Å². The Balaban J connectivity index is 1.56. The van der Waals surface area contributed by atoms with Gasteiger partial charge in [0, 0.05) is 24.3 Å². The first-order chi connectivity index (χ1) is 11.8. The molecular weight excluding hydrogens is 302 g/mol. The summed E-state index contributed by atoms with van der Waals surface area (Å²) in [4.78, 5) is 18.7. The second kappa shape index (κ2) is 6.35. The zero-order valence-corrected chi connectivity index (χ0v) is 13.4. The molecule has 1 fully saturated rings. The minimum atomic E-state index is -0.0409. The van der Waals surface area contributed by atoms with Gasteiger partial charge in [0.05, 0.1) is 0 Å². The van der Waals surface area contributed by atoms with Gasteiger partial charge in [-0.15, -0.1) is 0 Å². The number of aromatic nitrogens is 1. The van der Waals surface area contributed by atoms with Crippen LogP contribution in [0.5, 0.6) is 0 Å². The standard InChI is InChI=1S/C19H19N3O2/c23-19(22-11-5-2-6-12-22)20-15-9-10-17-16(13-15)21-18(24-17)14-7-3-1-4-8-14/h1,3-4,7-10,13H,2,5-6,11-12H2,(H,20,23). The predicted molar refractivity (Wildman–Crippen MR) is 93.9 cm³/mol. The van der Waals surface area contributed by atoms with E-state index in [2.05, 4.69) is 10.3 Å². The van der Waals surface area contributed by atoms with Crippen LogP contribution in [0.25, 0.3) is 22.6 Å². The monoisotopic (exact) mass is 321 g/mol. The van der Waals surface area contributed by atoms with Crippen molar-refractivity contribution in [3.63, 3.8) is 0 Å². The summed E-state index contributed by atoms with van der Waals surface area (Å²) >= 11 is 0. The number of oxazole rings is 1. The molecule has 2 heterocycles. The first kappa shape index (κ1) is 14.8. The minimum Gasteiger partial charge on any atom is -0.436 e. The average molecular weight is 321 g/mol. The van der Waals surface area contributed by atoms with Gasteiger partial charge in [-0.1, -0.05) is 18.2 Å². The Hall–Kier alpha value is -2.82. The lowest BCUT2D eigenvalue weighted by molar-refractivity contribution is 0.200. The van der Waals surface area contributed by atoms with E-state index in [1.54, 1.807) is 0 Å². The molecule has 1 aromatic heterocycles. The molecule has 1 aliphatic heterocycles. The first-order valence-corrected chi connectivity index (χ1v) is 8.31. The Labute approximate surface area is 140 Å². The number of likely N-dealkylation sites (tertiary alicyclic amines) is 1. The number of hydrogen-bond donors (Lipinski definition) is 1. The number of carbonyl (C=O) groups is 1. The van der Waals surface area contributed by atoms with Crippen LogP contribution in [0.3, 0.4) is 0 Å². The van der Waals surface area contributed by atoms with Crippen LogP contribution in [0, 0.1) is 0 Å². The van der Waals surface area contributed by atoms with E-state index in [1.807, 2.05) is 53.4 Å². The summed E-state index contributed by atoms with van der Waals surface area (Å²) in [5.41, 5.74) is 3.13. The summed E-state index contributed by atoms with van der Waals surface area (Å²) in [6.45, 7) is 1.66. The van der Waals surface area contributed by atoms with Crippen molar-refractivity contribution in [2.75, 3.05) is 18.4 Å². The first-order valence-electron chi connectivity index (χ1n) is 8.31. The molecule has 0 radical (unpaired) electrons. The predicted octanol–water partition coefficient (Wildman–Crippen LogP) is 4.51. The van der Waals surface area contributed by atoms with E-state index < -0.39 is 0 Å². The number of benzene rings is 2. The fourth-order valence-electron chi connectivity index (χ4n) is 3.01. The van der Waals surface area contributed by atoms with Gasteiger partial charge in [0.2, 0.25) is 5.89 Å². The molecule has 0 saturated carbocycles. The number of nitrogens with one attached hydrogen (secondary N) is 1. The average Bonchev–Trinajstić information content (AvgIpc) is 3.06. The van der Waals surface area contributed by atoms with Crippen LogP contribution in [-0.4, -0.2) is 29.0 Å². The van der Waals surface area contributed by atoms with Crippen LogP contribution >= 0.6 is 0 Å². The fourth-order valence-corrected chi connectivity index (χ4v) is 3.01. The summed E-state index contributed by atoms with van der Waals surface area (Å²) in [7, 11) is 0. The molecule has 0 unspecified atom stereocenters. The van der Waals surface area contributed by atoms with Gasteiger partial charge in [0.15, 0.2) is 5.58 Å². The number of hydrogen-bond acceptors (Lipinski definition) is 3. The van der Waals surface area contributed by atoms with Gasteiger partial charge in [-0.2, -0.15) is 0 Å². The van der Waals surface area contributed by atoms with E-state index in [0.717, 1.165) is 42.7 Å². The van der Waals surface area contributed by atoms with E-state index in [-0.39, 0.29) is 6.03 Å². The molecule has 4 rings (SSSR count). The molecule has 3 aromatic rings. The molecular formula is C19H19N3O2. The second-order valence-electron chi connectivity index (χ2n) is 6.05. The lowest BCUT2D eigenvalue weighted by Crippen LogP contribution is -2.38. The normalized spacial score (nSPS) is 14.8. The fraction of sp³-hybridized carbons (Fsp3) is 0.263. The molecule has 24 heavy (non-hydrogen) atoms. The van der Waals surface area contributed by atoms with Crippen LogP contribution in [0.2, 0.25) is 0 Å². The summed E-state index contributed by atoms with van der Waals surface area (Å²) < 4.78 is 5.80. The molecule has 1 saturated heterocycles. The zero-order chi connectivity index (χ0) is 16.4. The van der Waals surface area contributed by atoms with Gasteiger partial charge < -0.3 is 14.6 Å². The van der Waals surface area contributed by atoms with Crippen LogP contribution in [0.4, 0.5) is 10.5 Å². The number of piperidine rings is 1. The van der Waals surface area contributed by atoms with Crippen molar-refractivity contribution in [3.8, 4) is 11.5 Å². The van der Waals surface area contributed by atoms with E-state index in [9.17, 15) is 4.79 Å². The van der Waals surface area contributed by atoms with Gasteiger partial charge in [-0.25, -0.2) is 9.78 Å². The molecule has 0 bridgehead atoms. The number of nitrogens with zero attached hydrogens (tertiary/aromatic N) is 2. The molecule has 122 valence electrons. The molecule has 2 amide bonds. The lowest BCUT2D eigenvalue weighted by Gasteiger charge is -2.26. The SMILES string of the molecule is O=C(Nc1ccc2oc(-c3ccccc3)nc2c1)N1CCCCC1. The number of rotatable bonds is 2. The summed E-state index contributed by atoms with van der Waals surface area (Å²) in [5.74, 6) is 0.588. The Morgan fingerprint density at radius 2 is 1.83 bits per heavy atom. The topological polar surface area (TPSA) is 58.4 Å². The van der Waals surface area contributed by atoms with Crippen LogP contribution < -0.4 is 5.32 Å². The zero-order valence-electron chi connectivity index (χ0n) is 13.4. The van der Waals surface area contributed by atoms with Gasteiger partial charge in [0.1, 0.15) is 5.52 Å². The van der Waals surface area contributed by atoms with E-state index in [4.69, 9.17) is 4.42 Å². The van der Waals surface area contributed by atoms with Crippen molar-refractivity contribution in [3.05, 3.63) is 48.5 Å². The summed E-state index contributed by atoms with van der Waals surface area (Å²) in [6, 6.07) is 15.3. The van der Waals surface area contributed by atoms with Gasteiger partial charge in [0.25, 0.3) is 0 Å². The lowest BCUT2D eigenvalue weighted by atomic mass is 10.1. The van der Waals surface area contributed by atoms with E-state index >= 15 is 0 Å². The molecule has 0 aliphatic carbocycles. The minimum absolute atomic E-state index is 0.0409. The highest BCUT2D eigenvalue weighted by molar-refractivity contribution is 5.92. The maximum Gasteiger partial charge on any atom is 0.321 e. The quantitative estimate of drug-likeness (QED) is 0.755. The largest absolute Gasteiger partial charge is 0.436 e. The van der Waals surface area contributed by atoms with Gasteiger partial charge in [-0.3, -0.25) is 0 Å². The highest BCUT2D eigenvalue weighted by Gasteiger charge is 2.17. The van der Waals surface area contributed by atoms with Crippen LogP contribution in [-0.2, 0) is 0 Å². The van der Waals surface area contributed by atoms with Crippen molar-refractivity contribution in [2.24, 2.45) is 0 Å². The Morgan fingerprint density at radius 1 is 1.04 bits per heavy atom. The highest BCUT2D eigenvalue weighted by Crippen LogP contribution is 2.26. The van der Waals surface area contributed by atoms with Gasteiger partial charge >= 0.3 is 6.03 Å². The Bertz CT molecular complexity index is 851. The maximum absolute atomic E-state index is 12.3. The number of urea groups is 1. The third-order valence-electron chi connectivity index (χ3n) is 4.30. The number of fused-ring (bicyclic) bond motifs is 1. The molecule has 1 N–H and O–H groups in total.